The molecule has 156 valence electrons. The SMILES string of the molecule is CN=C(NCC(c1ccccc1)N1CCCC1)N1CCC(C(=O)OC)CC1.I. The number of piperidine rings is 1. The van der Waals surface area contributed by atoms with Gasteiger partial charge in [-0.3, -0.25) is 14.7 Å². The zero-order chi connectivity index (χ0) is 19.1. The molecule has 2 heterocycles. The molecule has 1 aromatic rings. The molecule has 1 atom stereocenters. The smallest absolute Gasteiger partial charge is 0.308 e. The number of carbonyl (C=O) groups is 1. The summed E-state index contributed by atoms with van der Waals surface area (Å²) in [5.74, 6) is 0.861. The van der Waals surface area contributed by atoms with Crippen molar-refractivity contribution in [3.05, 3.63) is 35.9 Å². The van der Waals surface area contributed by atoms with E-state index in [-0.39, 0.29) is 35.9 Å². The molecule has 1 aromatic carbocycles. The zero-order valence-electron chi connectivity index (χ0n) is 17.0. The van der Waals surface area contributed by atoms with Crippen LogP contribution in [0.4, 0.5) is 0 Å². The lowest BCUT2D eigenvalue weighted by Gasteiger charge is -2.35. The van der Waals surface area contributed by atoms with E-state index in [1.54, 1.807) is 0 Å². The van der Waals surface area contributed by atoms with Gasteiger partial charge in [0.05, 0.1) is 19.1 Å². The van der Waals surface area contributed by atoms with Crippen LogP contribution in [0, 0.1) is 5.92 Å². The fraction of sp³-hybridized carbons (Fsp3) is 0.619. The summed E-state index contributed by atoms with van der Waals surface area (Å²) in [4.78, 5) is 21.1. The Morgan fingerprint density at radius 3 is 2.39 bits per heavy atom. The van der Waals surface area contributed by atoms with Crippen molar-refractivity contribution < 1.29 is 9.53 Å². The van der Waals surface area contributed by atoms with Crippen LogP contribution in [0.3, 0.4) is 0 Å². The van der Waals surface area contributed by atoms with E-state index < -0.39 is 0 Å². The van der Waals surface area contributed by atoms with Gasteiger partial charge in [0.1, 0.15) is 0 Å². The zero-order valence-corrected chi connectivity index (χ0v) is 19.3. The molecule has 0 aliphatic carbocycles. The van der Waals surface area contributed by atoms with E-state index in [0.29, 0.717) is 6.04 Å². The summed E-state index contributed by atoms with van der Waals surface area (Å²) in [7, 11) is 3.30. The number of benzene rings is 1. The average molecular weight is 500 g/mol. The number of hydrogen-bond acceptors (Lipinski definition) is 4. The number of methoxy groups -OCH3 is 1. The molecule has 1 unspecified atom stereocenters. The van der Waals surface area contributed by atoms with Gasteiger partial charge in [0, 0.05) is 26.7 Å². The summed E-state index contributed by atoms with van der Waals surface area (Å²) in [6.07, 6.45) is 4.20. The largest absolute Gasteiger partial charge is 0.469 e. The molecule has 2 aliphatic rings. The molecule has 7 heteroatoms. The summed E-state index contributed by atoms with van der Waals surface area (Å²) < 4.78 is 4.89. The van der Waals surface area contributed by atoms with Gasteiger partial charge in [0.2, 0.25) is 0 Å². The van der Waals surface area contributed by atoms with Gasteiger partial charge in [-0.1, -0.05) is 30.3 Å². The third-order valence-corrected chi connectivity index (χ3v) is 5.76. The normalized spacial score (nSPS) is 19.8. The second kappa shape index (κ2) is 11.6. The Kier molecular flexibility index (Phi) is 9.50. The van der Waals surface area contributed by atoms with Crippen LogP contribution in [0.1, 0.15) is 37.3 Å². The number of esters is 1. The average Bonchev–Trinajstić information content (AvgIpc) is 3.26. The standard InChI is InChI=1S/C21H32N4O2.HI/c1-22-21(25-14-10-18(11-15-25)20(26)27-2)23-16-19(24-12-6-7-13-24)17-8-4-3-5-9-17;/h3-5,8-9,18-19H,6-7,10-16H2,1-2H3,(H,22,23);1H. The summed E-state index contributed by atoms with van der Waals surface area (Å²) in [5, 5.41) is 3.59. The number of carbonyl (C=O) groups excluding carboxylic acids is 1. The first kappa shape index (κ1) is 22.9. The van der Waals surface area contributed by atoms with E-state index in [1.165, 1.54) is 25.5 Å². The molecule has 28 heavy (non-hydrogen) atoms. The maximum Gasteiger partial charge on any atom is 0.308 e. The summed E-state index contributed by atoms with van der Waals surface area (Å²) >= 11 is 0. The summed E-state index contributed by atoms with van der Waals surface area (Å²) in [5.41, 5.74) is 1.35. The summed E-state index contributed by atoms with van der Waals surface area (Å²) in [6.45, 7) is 4.82. The monoisotopic (exact) mass is 500 g/mol. The van der Waals surface area contributed by atoms with Crippen LogP contribution in [-0.2, 0) is 9.53 Å². The van der Waals surface area contributed by atoms with Gasteiger partial charge < -0.3 is 15.0 Å². The highest BCUT2D eigenvalue weighted by molar-refractivity contribution is 14.0. The van der Waals surface area contributed by atoms with Gasteiger partial charge in [-0.15, -0.1) is 24.0 Å². The molecule has 2 saturated heterocycles. The fourth-order valence-electron chi connectivity index (χ4n) is 4.20. The fourth-order valence-corrected chi connectivity index (χ4v) is 4.20. The Bertz CT molecular complexity index is 627. The molecule has 0 amide bonds. The quantitative estimate of drug-likeness (QED) is 0.292. The van der Waals surface area contributed by atoms with E-state index in [9.17, 15) is 4.79 Å². The van der Waals surface area contributed by atoms with Crippen molar-refractivity contribution in [1.29, 1.82) is 0 Å². The number of rotatable bonds is 5. The molecular weight excluding hydrogens is 467 g/mol. The van der Waals surface area contributed by atoms with Gasteiger partial charge in [-0.25, -0.2) is 0 Å². The number of guanidine groups is 1. The third kappa shape index (κ3) is 5.83. The van der Waals surface area contributed by atoms with Crippen molar-refractivity contribution in [1.82, 2.24) is 15.1 Å². The first-order valence-corrected chi connectivity index (χ1v) is 10.1. The number of likely N-dealkylation sites (tertiary alicyclic amines) is 2. The van der Waals surface area contributed by atoms with Crippen molar-refractivity contribution in [3.8, 4) is 0 Å². The van der Waals surface area contributed by atoms with E-state index in [0.717, 1.165) is 51.5 Å². The molecule has 0 spiro atoms. The highest BCUT2D eigenvalue weighted by Crippen LogP contribution is 2.25. The number of halogens is 1. The first-order chi connectivity index (χ1) is 13.2. The van der Waals surface area contributed by atoms with Crippen LogP contribution in [0.5, 0.6) is 0 Å². The maximum atomic E-state index is 11.7. The van der Waals surface area contributed by atoms with Gasteiger partial charge in [0.25, 0.3) is 0 Å². The van der Waals surface area contributed by atoms with Crippen LogP contribution in [-0.4, -0.2) is 68.6 Å². The van der Waals surface area contributed by atoms with Crippen LogP contribution in [0.25, 0.3) is 0 Å². The minimum atomic E-state index is -0.0872. The molecular formula is C21H33IN4O2. The Balaban J connectivity index is 0.00000280. The highest BCUT2D eigenvalue weighted by Gasteiger charge is 2.28. The van der Waals surface area contributed by atoms with Gasteiger partial charge in [-0.05, 0) is 44.3 Å². The van der Waals surface area contributed by atoms with Crippen molar-refractivity contribution in [2.75, 3.05) is 46.9 Å². The molecule has 0 bridgehead atoms. The van der Waals surface area contributed by atoms with E-state index in [1.807, 2.05) is 7.05 Å². The molecule has 6 nitrogen and oxygen atoms in total. The Morgan fingerprint density at radius 1 is 1.18 bits per heavy atom. The third-order valence-electron chi connectivity index (χ3n) is 5.76. The van der Waals surface area contributed by atoms with Gasteiger partial charge in [0.15, 0.2) is 5.96 Å². The predicted molar refractivity (Wildman–Crippen MR) is 123 cm³/mol. The lowest BCUT2D eigenvalue weighted by molar-refractivity contribution is -0.146. The van der Waals surface area contributed by atoms with Crippen molar-refractivity contribution in [2.24, 2.45) is 10.9 Å². The maximum absolute atomic E-state index is 11.7. The number of ether oxygens (including phenoxy) is 1. The molecule has 0 saturated carbocycles. The van der Waals surface area contributed by atoms with Crippen molar-refractivity contribution in [3.63, 3.8) is 0 Å². The van der Waals surface area contributed by atoms with Crippen LogP contribution in [0.15, 0.2) is 35.3 Å². The van der Waals surface area contributed by atoms with Crippen LogP contribution in [0.2, 0.25) is 0 Å². The number of nitrogens with one attached hydrogen (secondary N) is 1. The number of nitrogens with zero attached hydrogens (tertiary/aromatic N) is 3. The predicted octanol–water partition coefficient (Wildman–Crippen LogP) is 2.90. The molecule has 0 aromatic heterocycles. The molecule has 3 rings (SSSR count). The lowest BCUT2D eigenvalue weighted by Crippen LogP contribution is -2.48. The summed E-state index contributed by atoms with van der Waals surface area (Å²) in [6, 6.07) is 11.1. The van der Waals surface area contributed by atoms with Gasteiger partial charge >= 0.3 is 5.97 Å². The molecule has 0 radical (unpaired) electrons. The number of hydrogen-bond donors (Lipinski definition) is 1. The Labute approximate surface area is 185 Å². The van der Waals surface area contributed by atoms with E-state index in [4.69, 9.17) is 4.74 Å². The molecule has 1 N–H and O–H groups in total. The van der Waals surface area contributed by atoms with Crippen LogP contribution < -0.4 is 5.32 Å². The Hall–Kier alpha value is -1.35. The molecule has 2 aliphatic heterocycles. The van der Waals surface area contributed by atoms with Crippen molar-refractivity contribution in [2.45, 2.75) is 31.7 Å². The minimum absolute atomic E-state index is 0. The Morgan fingerprint density at radius 2 is 1.82 bits per heavy atom. The number of aliphatic imine (C=N–C) groups is 1. The van der Waals surface area contributed by atoms with E-state index in [2.05, 4.69) is 50.4 Å². The first-order valence-electron chi connectivity index (χ1n) is 10.1. The van der Waals surface area contributed by atoms with Gasteiger partial charge in [-0.2, -0.15) is 0 Å². The van der Waals surface area contributed by atoms with Crippen molar-refractivity contribution >= 4 is 35.9 Å². The topological polar surface area (TPSA) is 57.2 Å². The van der Waals surface area contributed by atoms with E-state index >= 15 is 0 Å². The lowest BCUT2D eigenvalue weighted by atomic mass is 9.97. The second-order valence-corrected chi connectivity index (χ2v) is 7.38. The molecule has 2 fully saturated rings. The second-order valence-electron chi connectivity index (χ2n) is 7.38. The highest BCUT2D eigenvalue weighted by atomic mass is 127. The minimum Gasteiger partial charge on any atom is -0.469 e. The van der Waals surface area contributed by atoms with Crippen LogP contribution >= 0.6 is 24.0 Å².